The molecule has 0 saturated heterocycles. The summed E-state index contributed by atoms with van der Waals surface area (Å²) < 4.78 is 31.0. The summed E-state index contributed by atoms with van der Waals surface area (Å²) in [6.07, 6.45) is 0.710. The van der Waals surface area contributed by atoms with Gasteiger partial charge in [0, 0.05) is 18.2 Å². The number of aromatic nitrogens is 1. The van der Waals surface area contributed by atoms with Crippen molar-refractivity contribution in [3.05, 3.63) is 57.8 Å². The zero-order valence-corrected chi connectivity index (χ0v) is 10.1. The van der Waals surface area contributed by atoms with Crippen molar-refractivity contribution < 1.29 is 28.3 Å². The Balaban J connectivity index is 2.39. The molecule has 7 nitrogen and oxygen atoms in total. The van der Waals surface area contributed by atoms with E-state index in [-0.39, 0.29) is 5.75 Å². The van der Waals surface area contributed by atoms with E-state index >= 15 is 0 Å². The van der Waals surface area contributed by atoms with Gasteiger partial charge in [-0.15, -0.1) is 0 Å². The number of carboxylic acids is 1. The minimum atomic E-state index is -1.54. The lowest BCUT2D eigenvalue weighted by Crippen LogP contribution is -2.03. The minimum Gasteiger partial charge on any atom is -0.477 e. The number of nitrogens with zero attached hydrogens (tertiary/aromatic N) is 2. The Hall–Kier alpha value is -3.10. The molecule has 1 aromatic carbocycles. The van der Waals surface area contributed by atoms with Gasteiger partial charge in [-0.05, 0) is 6.07 Å². The summed E-state index contributed by atoms with van der Waals surface area (Å²) in [5, 5.41) is 19.6. The lowest BCUT2D eigenvalue weighted by atomic mass is 10.1. The molecular weight excluding hydrogens is 290 g/mol. The van der Waals surface area contributed by atoms with Crippen LogP contribution in [0, 0.1) is 21.7 Å². The Morgan fingerprint density at radius 2 is 2.05 bits per heavy atom. The van der Waals surface area contributed by atoms with Crippen molar-refractivity contribution >= 4 is 11.7 Å². The average Bonchev–Trinajstić information content (AvgIpc) is 2.41. The van der Waals surface area contributed by atoms with Crippen LogP contribution >= 0.6 is 0 Å². The van der Waals surface area contributed by atoms with Gasteiger partial charge in [-0.3, -0.25) is 10.1 Å². The van der Waals surface area contributed by atoms with Crippen molar-refractivity contribution in [2.45, 2.75) is 0 Å². The maximum atomic E-state index is 13.4. The lowest BCUT2D eigenvalue weighted by Gasteiger charge is -2.06. The average molecular weight is 296 g/mol. The van der Waals surface area contributed by atoms with Crippen LogP contribution in [0.15, 0.2) is 30.5 Å². The highest BCUT2D eigenvalue weighted by molar-refractivity contribution is 5.92. The first-order valence-electron chi connectivity index (χ1n) is 5.39. The molecule has 2 aromatic rings. The molecule has 21 heavy (non-hydrogen) atoms. The van der Waals surface area contributed by atoms with E-state index in [1.165, 1.54) is 0 Å². The van der Waals surface area contributed by atoms with Gasteiger partial charge < -0.3 is 9.84 Å². The minimum absolute atomic E-state index is 0.184. The summed E-state index contributed by atoms with van der Waals surface area (Å²) in [5.41, 5.74) is -1.26. The smallest absolute Gasteiger partial charge is 0.342 e. The van der Waals surface area contributed by atoms with Crippen molar-refractivity contribution in [1.82, 2.24) is 4.98 Å². The molecule has 9 heteroatoms. The van der Waals surface area contributed by atoms with Crippen molar-refractivity contribution in [2.75, 3.05) is 0 Å². The van der Waals surface area contributed by atoms with E-state index in [9.17, 15) is 23.7 Å². The van der Waals surface area contributed by atoms with Gasteiger partial charge in [0.15, 0.2) is 5.82 Å². The Morgan fingerprint density at radius 1 is 1.33 bits per heavy atom. The standard InChI is InChI=1S/C12H6F2N2O5/c13-6-3-9(14)11(15-5-6)21-7-1-2-10(16(19)20)8(4-7)12(17)18/h1-5H,(H,17,18). The highest BCUT2D eigenvalue weighted by atomic mass is 19.1. The number of nitro benzene ring substituents is 1. The number of halogens is 2. The van der Waals surface area contributed by atoms with Crippen molar-refractivity contribution in [3.8, 4) is 11.6 Å². The fourth-order valence-electron chi connectivity index (χ4n) is 1.50. The van der Waals surface area contributed by atoms with E-state index in [2.05, 4.69) is 4.98 Å². The zero-order valence-electron chi connectivity index (χ0n) is 10.1. The molecule has 1 heterocycles. The van der Waals surface area contributed by atoms with Gasteiger partial charge >= 0.3 is 5.97 Å². The second kappa shape index (κ2) is 5.49. The number of pyridine rings is 1. The molecule has 108 valence electrons. The zero-order chi connectivity index (χ0) is 15.6. The third-order valence-corrected chi connectivity index (χ3v) is 2.38. The number of ether oxygens (including phenoxy) is 1. The highest BCUT2D eigenvalue weighted by Gasteiger charge is 2.21. The second-order valence-corrected chi connectivity index (χ2v) is 3.78. The molecule has 0 unspecified atom stereocenters. The molecular formula is C12H6F2N2O5. The monoisotopic (exact) mass is 296 g/mol. The Labute approximate surface area is 115 Å². The fraction of sp³-hybridized carbons (Fsp3) is 0. The van der Waals surface area contributed by atoms with E-state index in [0.29, 0.717) is 12.3 Å². The molecule has 0 spiro atoms. The third kappa shape index (κ3) is 3.08. The second-order valence-electron chi connectivity index (χ2n) is 3.78. The summed E-state index contributed by atoms with van der Waals surface area (Å²) in [5.74, 6) is -4.31. The van der Waals surface area contributed by atoms with Crippen LogP contribution in [0.25, 0.3) is 0 Å². The van der Waals surface area contributed by atoms with Gasteiger partial charge in [0.2, 0.25) is 0 Å². The van der Waals surface area contributed by atoms with Crippen LogP contribution in [0.4, 0.5) is 14.5 Å². The predicted octanol–water partition coefficient (Wildman–Crippen LogP) is 2.76. The van der Waals surface area contributed by atoms with E-state index in [0.717, 1.165) is 18.2 Å². The maximum Gasteiger partial charge on any atom is 0.342 e. The molecule has 1 N–H and O–H groups in total. The van der Waals surface area contributed by atoms with Crippen molar-refractivity contribution in [3.63, 3.8) is 0 Å². The molecule has 2 rings (SSSR count). The Morgan fingerprint density at radius 3 is 2.62 bits per heavy atom. The third-order valence-electron chi connectivity index (χ3n) is 2.38. The number of carbonyl (C=O) groups is 1. The van der Waals surface area contributed by atoms with Gasteiger partial charge in [-0.2, -0.15) is 0 Å². The Bertz CT molecular complexity index is 736. The molecule has 0 atom stereocenters. The molecule has 0 amide bonds. The molecule has 0 aliphatic rings. The van der Waals surface area contributed by atoms with Gasteiger partial charge in [-0.25, -0.2) is 18.6 Å². The Kier molecular flexibility index (Phi) is 3.74. The van der Waals surface area contributed by atoms with Crippen LogP contribution in [-0.4, -0.2) is 21.0 Å². The molecule has 0 aliphatic carbocycles. The summed E-state index contributed by atoms with van der Waals surface area (Å²) >= 11 is 0. The normalized spacial score (nSPS) is 10.2. The molecule has 1 aromatic heterocycles. The number of nitro groups is 1. The summed E-state index contributed by atoms with van der Waals surface area (Å²) in [6.45, 7) is 0. The first kappa shape index (κ1) is 14.3. The number of hydrogen-bond donors (Lipinski definition) is 1. The summed E-state index contributed by atoms with van der Waals surface area (Å²) in [6, 6.07) is 3.37. The number of carboxylic acid groups (broad SMARTS) is 1. The van der Waals surface area contributed by atoms with Crippen molar-refractivity contribution in [1.29, 1.82) is 0 Å². The quantitative estimate of drug-likeness (QED) is 0.687. The topological polar surface area (TPSA) is 103 Å². The van der Waals surface area contributed by atoms with Crippen molar-refractivity contribution in [2.24, 2.45) is 0 Å². The number of benzene rings is 1. The summed E-state index contributed by atoms with van der Waals surface area (Å²) in [4.78, 5) is 24.1. The van der Waals surface area contributed by atoms with E-state index in [1.54, 1.807) is 0 Å². The predicted molar refractivity (Wildman–Crippen MR) is 64.3 cm³/mol. The molecule has 0 aliphatic heterocycles. The van der Waals surface area contributed by atoms with Gasteiger partial charge in [-0.1, -0.05) is 0 Å². The molecule has 0 radical (unpaired) electrons. The number of hydrogen-bond acceptors (Lipinski definition) is 5. The van der Waals surface area contributed by atoms with Crippen LogP contribution in [0.2, 0.25) is 0 Å². The summed E-state index contributed by atoms with van der Waals surface area (Å²) in [7, 11) is 0. The van der Waals surface area contributed by atoms with Crippen LogP contribution in [0.3, 0.4) is 0 Å². The van der Waals surface area contributed by atoms with Crippen LogP contribution in [0.5, 0.6) is 11.6 Å². The largest absolute Gasteiger partial charge is 0.477 e. The SMILES string of the molecule is O=C(O)c1cc(Oc2ncc(F)cc2F)ccc1[N+](=O)[O-]. The van der Waals surface area contributed by atoms with E-state index < -0.39 is 39.7 Å². The molecule has 0 fully saturated rings. The number of aromatic carboxylic acids is 1. The van der Waals surface area contributed by atoms with Gasteiger partial charge in [0.1, 0.15) is 17.1 Å². The van der Waals surface area contributed by atoms with E-state index in [1.807, 2.05) is 0 Å². The number of rotatable bonds is 4. The molecule has 0 bridgehead atoms. The van der Waals surface area contributed by atoms with Gasteiger partial charge in [0.05, 0.1) is 11.1 Å². The van der Waals surface area contributed by atoms with Crippen LogP contribution < -0.4 is 4.74 Å². The van der Waals surface area contributed by atoms with Gasteiger partial charge in [0.25, 0.3) is 11.6 Å². The van der Waals surface area contributed by atoms with Crippen LogP contribution in [0.1, 0.15) is 10.4 Å². The maximum absolute atomic E-state index is 13.4. The first-order chi connectivity index (χ1) is 9.88. The van der Waals surface area contributed by atoms with E-state index in [4.69, 9.17) is 9.84 Å². The van der Waals surface area contributed by atoms with Crippen LogP contribution in [-0.2, 0) is 0 Å². The fourth-order valence-corrected chi connectivity index (χ4v) is 1.50. The lowest BCUT2D eigenvalue weighted by molar-refractivity contribution is -0.385. The highest BCUT2D eigenvalue weighted by Crippen LogP contribution is 2.28. The molecule has 0 saturated carbocycles. The first-order valence-corrected chi connectivity index (χ1v) is 5.39.